The summed E-state index contributed by atoms with van der Waals surface area (Å²) in [5.74, 6) is -0.0576. The average Bonchev–Trinajstić information content (AvgIpc) is 2.32. The summed E-state index contributed by atoms with van der Waals surface area (Å²) in [6.45, 7) is 3.84. The number of benzene rings is 1. The molecule has 0 bridgehead atoms. The summed E-state index contributed by atoms with van der Waals surface area (Å²) in [5, 5.41) is 3.64. The minimum atomic E-state index is -0.813. The maximum atomic E-state index is 10.9. The minimum absolute atomic E-state index is 0.0576. The van der Waals surface area contributed by atoms with Crippen molar-refractivity contribution in [2.75, 3.05) is 6.54 Å². The largest absolute Gasteiger partial charge is 0.444 e. The predicted molar refractivity (Wildman–Crippen MR) is 80.3 cm³/mol. The highest BCUT2D eigenvalue weighted by molar-refractivity contribution is 9.10. The van der Waals surface area contributed by atoms with E-state index in [4.69, 9.17) is 16.0 Å². The molecule has 0 spiro atoms. The summed E-state index contributed by atoms with van der Waals surface area (Å²) in [6, 6.07) is 7.73. The summed E-state index contributed by atoms with van der Waals surface area (Å²) in [5.41, 5.74) is 13.8. The van der Waals surface area contributed by atoms with Crippen molar-refractivity contribution in [2.24, 2.45) is 10.8 Å². The standard InChI is InChI=1S/C13H17BrN4O2/c1-13(2,20-12(15)19)7-10(8-17-18-16)9-4-3-5-11(14)6-9/h3-6,10H,7-8H2,1-2H3,(H2,15,19)/t10-/m1/s1. The number of halogens is 1. The van der Waals surface area contributed by atoms with E-state index in [2.05, 4.69) is 26.0 Å². The lowest BCUT2D eigenvalue weighted by Crippen LogP contribution is -2.33. The molecule has 7 heteroatoms. The first kappa shape index (κ1) is 16.3. The first-order chi connectivity index (χ1) is 9.34. The first-order valence-corrected chi connectivity index (χ1v) is 6.88. The monoisotopic (exact) mass is 340 g/mol. The van der Waals surface area contributed by atoms with Gasteiger partial charge < -0.3 is 10.5 Å². The Bertz CT molecular complexity index is 527. The fraction of sp³-hybridized carbons (Fsp3) is 0.462. The summed E-state index contributed by atoms with van der Waals surface area (Å²) in [7, 11) is 0. The third-order valence-electron chi connectivity index (χ3n) is 2.80. The highest BCUT2D eigenvalue weighted by Crippen LogP contribution is 2.30. The number of primary amides is 1. The highest BCUT2D eigenvalue weighted by Gasteiger charge is 2.27. The van der Waals surface area contributed by atoms with Crippen molar-refractivity contribution in [3.8, 4) is 0 Å². The van der Waals surface area contributed by atoms with Gasteiger partial charge in [-0.3, -0.25) is 0 Å². The van der Waals surface area contributed by atoms with Gasteiger partial charge in [0.25, 0.3) is 0 Å². The van der Waals surface area contributed by atoms with Crippen molar-refractivity contribution < 1.29 is 9.53 Å². The molecule has 0 aliphatic rings. The van der Waals surface area contributed by atoms with Gasteiger partial charge in [0.1, 0.15) is 5.60 Å². The van der Waals surface area contributed by atoms with Gasteiger partial charge in [0.15, 0.2) is 0 Å². The SMILES string of the molecule is CC(C)(C[C@H](CN=[N+]=[N-])c1cccc(Br)c1)OC(N)=O. The van der Waals surface area contributed by atoms with Gasteiger partial charge in [-0.05, 0) is 49.4 Å². The topological polar surface area (TPSA) is 101 Å². The fourth-order valence-corrected chi connectivity index (χ4v) is 2.51. The van der Waals surface area contributed by atoms with Gasteiger partial charge in [-0.1, -0.05) is 33.2 Å². The number of amides is 1. The molecule has 0 aliphatic heterocycles. The van der Waals surface area contributed by atoms with Crippen LogP contribution in [0.4, 0.5) is 4.79 Å². The average molecular weight is 341 g/mol. The van der Waals surface area contributed by atoms with Crippen LogP contribution in [0, 0.1) is 0 Å². The molecular weight excluding hydrogens is 324 g/mol. The van der Waals surface area contributed by atoms with E-state index in [1.165, 1.54) is 0 Å². The van der Waals surface area contributed by atoms with Gasteiger partial charge in [0, 0.05) is 15.9 Å². The molecule has 1 rings (SSSR count). The Labute approximate surface area is 126 Å². The molecule has 20 heavy (non-hydrogen) atoms. The van der Waals surface area contributed by atoms with Crippen molar-refractivity contribution in [3.63, 3.8) is 0 Å². The second-order valence-corrected chi connectivity index (χ2v) is 5.97. The van der Waals surface area contributed by atoms with Crippen LogP contribution in [0.5, 0.6) is 0 Å². The molecule has 1 amide bonds. The zero-order valence-corrected chi connectivity index (χ0v) is 13.0. The van der Waals surface area contributed by atoms with Crippen LogP contribution in [-0.2, 0) is 4.74 Å². The third-order valence-corrected chi connectivity index (χ3v) is 3.29. The Morgan fingerprint density at radius 2 is 2.30 bits per heavy atom. The van der Waals surface area contributed by atoms with E-state index in [-0.39, 0.29) is 5.92 Å². The van der Waals surface area contributed by atoms with Crippen molar-refractivity contribution in [3.05, 3.63) is 44.7 Å². The van der Waals surface area contributed by atoms with E-state index in [0.717, 1.165) is 10.0 Å². The van der Waals surface area contributed by atoms with Crippen LogP contribution in [0.25, 0.3) is 10.4 Å². The van der Waals surface area contributed by atoms with Crippen molar-refractivity contribution in [1.29, 1.82) is 0 Å². The van der Waals surface area contributed by atoms with Gasteiger partial charge in [-0.25, -0.2) is 4.79 Å². The summed E-state index contributed by atoms with van der Waals surface area (Å²) >= 11 is 3.41. The van der Waals surface area contributed by atoms with Gasteiger partial charge in [0.05, 0.1) is 0 Å². The highest BCUT2D eigenvalue weighted by atomic mass is 79.9. The number of rotatable bonds is 6. The van der Waals surface area contributed by atoms with Gasteiger partial charge >= 0.3 is 6.09 Å². The molecule has 6 nitrogen and oxygen atoms in total. The van der Waals surface area contributed by atoms with E-state index in [1.807, 2.05) is 24.3 Å². The van der Waals surface area contributed by atoms with Gasteiger partial charge in [-0.2, -0.15) is 0 Å². The fourth-order valence-electron chi connectivity index (χ4n) is 2.09. The van der Waals surface area contributed by atoms with E-state index < -0.39 is 11.7 Å². The number of nitrogens with two attached hydrogens (primary N) is 1. The minimum Gasteiger partial charge on any atom is -0.444 e. The normalized spacial score (nSPS) is 12.3. The number of carbonyl (C=O) groups is 1. The van der Waals surface area contributed by atoms with Crippen molar-refractivity contribution in [1.82, 2.24) is 0 Å². The molecule has 2 N–H and O–H groups in total. The Balaban J connectivity index is 2.95. The van der Waals surface area contributed by atoms with Crippen LogP contribution in [0.15, 0.2) is 33.9 Å². The second kappa shape index (κ2) is 7.17. The predicted octanol–water partition coefficient (Wildman–Crippen LogP) is 4.11. The maximum absolute atomic E-state index is 10.9. The second-order valence-electron chi connectivity index (χ2n) is 5.05. The maximum Gasteiger partial charge on any atom is 0.405 e. The zero-order valence-electron chi connectivity index (χ0n) is 11.4. The summed E-state index contributed by atoms with van der Waals surface area (Å²) in [6.07, 6.45) is -0.308. The number of azide groups is 1. The number of carbonyl (C=O) groups excluding carboxylic acids is 1. The smallest absolute Gasteiger partial charge is 0.405 e. The molecule has 0 heterocycles. The molecule has 0 radical (unpaired) electrons. The molecule has 1 atom stereocenters. The molecule has 0 aromatic heterocycles. The van der Waals surface area contributed by atoms with Gasteiger partial charge in [0.2, 0.25) is 0 Å². The van der Waals surface area contributed by atoms with Gasteiger partial charge in [-0.15, -0.1) is 0 Å². The number of ether oxygens (including phenoxy) is 1. The third kappa shape index (κ3) is 5.50. The molecule has 0 fully saturated rings. The number of hydrogen-bond acceptors (Lipinski definition) is 3. The quantitative estimate of drug-likeness (QED) is 0.478. The molecule has 1 aromatic rings. The van der Waals surface area contributed by atoms with Crippen LogP contribution in [-0.4, -0.2) is 18.2 Å². The molecule has 108 valence electrons. The number of hydrogen-bond donors (Lipinski definition) is 1. The van der Waals surface area contributed by atoms with E-state index in [0.29, 0.717) is 13.0 Å². The van der Waals surface area contributed by atoms with Crippen LogP contribution in [0.3, 0.4) is 0 Å². The summed E-state index contributed by atoms with van der Waals surface area (Å²) < 4.78 is 6.03. The lowest BCUT2D eigenvalue weighted by molar-refractivity contribution is 0.0342. The van der Waals surface area contributed by atoms with E-state index >= 15 is 0 Å². The lowest BCUT2D eigenvalue weighted by atomic mass is 9.88. The number of nitrogens with zero attached hydrogens (tertiary/aromatic N) is 3. The Morgan fingerprint density at radius 3 is 2.85 bits per heavy atom. The molecule has 0 unspecified atom stereocenters. The molecule has 0 saturated carbocycles. The van der Waals surface area contributed by atoms with Crippen LogP contribution in [0.1, 0.15) is 31.7 Å². The van der Waals surface area contributed by atoms with Crippen LogP contribution < -0.4 is 5.73 Å². The molecule has 0 aliphatic carbocycles. The molecule has 0 saturated heterocycles. The Morgan fingerprint density at radius 1 is 1.60 bits per heavy atom. The zero-order chi connectivity index (χ0) is 15.2. The first-order valence-electron chi connectivity index (χ1n) is 6.09. The summed E-state index contributed by atoms with van der Waals surface area (Å²) in [4.78, 5) is 13.7. The van der Waals surface area contributed by atoms with E-state index in [9.17, 15) is 4.79 Å². The Kier molecular flexibility index (Phi) is 5.85. The van der Waals surface area contributed by atoms with E-state index in [1.54, 1.807) is 13.8 Å². The molecular formula is C13H17BrN4O2. The Hall–Kier alpha value is -1.72. The van der Waals surface area contributed by atoms with Crippen LogP contribution in [0.2, 0.25) is 0 Å². The van der Waals surface area contributed by atoms with Crippen molar-refractivity contribution >= 4 is 22.0 Å². The van der Waals surface area contributed by atoms with Crippen LogP contribution >= 0.6 is 15.9 Å². The van der Waals surface area contributed by atoms with Crippen molar-refractivity contribution in [2.45, 2.75) is 31.8 Å². The lowest BCUT2D eigenvalue weighted by Gasteiger charge is -2.28. The molecule has 1 aromatic carbocycles.